The second kappa shape index (κ2) is 18.4. The Bertz CT molecular complexity index is 1030. The van der Waals surface area contributed by atoms with Crippen molar-refractivity contribution in [3.8, 4) is 0 Å². The Labute approximate surface area is 241 Å². The van der Waals surface area contributed by atoms with Crippen molar-refractivity contribution in [2.24, 2.45) is 0 Å². The molecule has 0 fully saturated rings. The van der Waals surface area contributed by atoms with E-state index >= 15 is 0 Å². The van der Waals surface area contributed by atoms with Crippen LogP contribution in [0.25, 0.3) is 0 Å². The van der Waals surface area contributed by atoms with E-state index in [4.69, 9.17) is 58.0 Å². The number of esters is 2. The minimum absolute atomic E-state index is 0.0854. The Morgan fingerprint density at radius 2 is 1.06 bits per heavy atom. The number of alkyl halides is 5. The molecular weight excluding hydrogens is 645 g/mol. The molecule has 0 radical (unpaired) electrons. The molecule has 0 spiro atoms. The highest BCUT2D eigenvalue weighted by molar-refractivity contribution is 9.08. The SMILES string of the molecule is COC(=O)c1ncc(C)cn1.COC(=O)c1ncc(CBr)cn1.Cc1cnc(Cl)nc1.ClC(Cl)(Cl)Cl. The molecule has 3 rings (SSSR count). The number of ether oxygens (including phenoxy) is 2. The first-order valence-electron chi connectivity index (χ1n) is 9.32. The predicted molar refractivity (Wildman–Crippen MR) is 142 cm³/mol. The number of rotatable bonds is 3. The van der Waals surface area contributed by atoms with Crippen LogP contribution < -0.4 is 0 Å². The summed E-state index contributed by atoms with van der Waals surface area (Å²) in [5, 5.41) is 0.977. The summed E-state index contributed by atoms with van der Waals surface area (Å²) in [6.07, 6.45) is 9.64. The molecule has 0 aliphatic heterocycles. The third-order valence-corrected chi connectivity index (χ3v) is 3.97. The molecule has 0 bridgehead atoms. The zero-order chi connectivity index (χ0) is 27.7. The Hall–Kier alpha value is -1.89. The van der Waals surface area contributed by atoms with Crippen molar-refractivity contribution in [2.75, 3.05) is 14.2 Å². The van der Waals surface area contributed by atoms with E-state index < -0.39 is 15.2 Å². The number of halogens is 6. The van der Waals surface area contributed by atoms with E-state index in [0.717, 1.165) is 16.7 Å². The molecule has 0 saturated carbocycles. The summed E-state index contributed by atoms with van der Waals surface area (Å²) >= 11 is 27.9. The summed E-state index contributed by atoms with van der Waals surface area (Å²) in [6.45, 7) is 3.76. The number of carbonyl (C=O) groups is 2. The fourth-order valence-corrected chi connectivity index (χ4v) is 1.97. The van der Waals surface area contributed by atoms with Gasteiger partial charge in [0.05, 0.1) is 14.2 Å². The topological polar surface area (TPSA) is 130 Å². The number of aromatic nitrogens is 6. The van der Waals surface area contributed by atoms with Crippen LogP contribution in [0.3, 0.4) is 0 Å². The molecule has 16 heteroatoms. The average Bonchev–Trinajstić information content (AvgIpc) is 2.85. The van der Waals surface area contributed by atoms with Crippen LogP contribution in [0.5, 0.6) is 0 Å². The van der Waals surface area contributed by atoms with Gasteiger partial charge >= 0.3 is 11.9 Å². The molecule has 0 unspecified atom stereocenters. The van der Waals surface area contributed by atoms with Crippen molar-refractivity contribution in [3.05, 3.63) is 70.8 Å². The Morgan fingerprint density at radius 1 is 0.750 bits per heavy atom. The van der Waals surface area contributed by atoms with E-state index in [0.29, 0.717) is 10.6 Å². The largest absolute Gasteiger partial charge is 0.463 e. The molecule has 0 saturated heterocycles. The lowest BCUT2D eigenvalue weighted by molar-refractivity contribution is 0.0578. The molecule has 0 aliphatic carbocycles. The summed E-state index contributed by atoms with van der Waals surface area (Å²) in [4.78, 5) is 44.2. The average molecular weight is 666 g/mol. The first-order chi connectivity index (χ1) is 16.8. The summed E-state index contributed by atoms with van der Waals surface area (Å²) in [5.41, 5.74) is 2.86. The van der Waals surface area contributed by atoms with Gasteiger partial charge in [-0.2, -0.15) is 0 Å². The molecule has 3 heterocycles. The molecule has 3 aromatic rings. The van der Waals surface area contributed by atoms with Crippen molar-refractivity contribution < 1.29 is 19.1 Å². The monoisotopic (exact) mass is 662 g/mol. The maximum atomic E-state index is 10.9. The lowest BCUT2D eigenvalue weighted by Gasteiger charge is -1.97. The predicted octanol–water partition coefficient (Wildman–Crippen LogP) is 5.72. The highest BCUT2D eigenvalue weighted by Crippen LogP contribution is 2.29. The molecule has 0 amide bonds. The highest BCUT2D eigenvalue weighted by Gasteiger charge is 2.11. The molecule has 196 valence electrons. The van der Waals surface area contributed by atoms with Crippen molar-refractivity contribution in [2.45, 2.75) is 22.4 Å². The second-order valence-corrected chi connectivity index (χ2v) is 10.4. The highest BCUT2D eigenvalue weighted by atomic mass is 79.9. The summed E-state index contributed by atoms with van der Waals surface area (Å²) in [5.74, 6) is -0.846. The van der Waals surface area contributed by atoms with Gasteiger partial charge in [0.25, 0.3) is 3.25 Å². The van der Waals surface area contributed by atoms with Gasteiger partial charge in [-0.15, -0.1) is 0 Å². The number of methoxy groups -OCH3 is 2. The van der Waals surface area contributed by atoms with E-state index in [9.17, 15) is 9.59 Å². The summed E-state index contributed by atoms with van der Waals surface area (Å²) in [7, 11) is 2.59. The fraction of sp³-hybridized carbons (Fsp3) is 0.300. The first kappa shape index (κ1) is 34.1. The van der Waals surface area contributed by atoms with Crippen LogP contribution in [0.15, 0.2) is 37.2 Å². The van der Waals surface area contributed by atoms with Crippen LogP contribution in [0, 0.1) is 13.8 Å². The molecule has 10 nitrogen and oxygen atoms in total. The Balaban J connectivity index is 0.000000474. The normalized spacial score (nSPS) is 9.72. The first-order valence-corrected chi connectivity index (χ1v) is 12.3. The van der Waals surface area contributed by atoms with Gasteiger partial charge in [0, 0.05) is 42.5 Å². The molecule has 0 N–H and O–H groups in total. The van der Waals surface area contributed by atoms with Gasteiger partial charge in [0.2, 0.25) is 16.9 Å². The third-order valence-electron chi connectivity index (χ3n) is 3.13. The van der Waals surface area contributed by atoms with Gasteiger partial charge in [-0.05, 0) is 42.1 Å². The van der Waals surface area contributed by atoms with Gasteiger partial charge in [-0.3, -0.25) is 0 Å². The van der Waals surface area contributed by atoms with Crippen LogP contribution in [-0.4, -0.2) is 59.3 Å². The number of hydrogen-bond acceptors (Lipinski definition) is 10. The Morgan fingerprint density at radius 3 is 1.33 bits per heavy atom. The number of aryl methyl sites for hydroxylation is 2. The van der Waals surface area contributed by atoms with Gasteiger partial charge < -0.3 is 9.47 Å². The Kier molecular flexibility index (Phi) is 17.4. The molecule has 36 heavy (non-hydrogen) atoms. The van der Waals surface area contributed by atoms with E-state index in [2.05, 4.69) is 55.3 Å². The zero-order valence-corrected chi connectivity index (χ0v) is 24.6. The summed E-state index contributed by atoms with van der Waals surface area (Å²) < 4.78 is 7.24. The van der Waals surface area contributed by atoms with Crippen LogP contribution in [-0.2, 0) is 14.8 Å². The van der Waals surface area contributed by atoms with Crippen molar-refractivity contribution in [1.29, 1.82) is 0 Å². The summed E-state index contributed by atoms with van der Waals surface area (Å²) in [6, 6.07) is 0. The van der Waals surface area contributed by atoms with Crippen LogP contribution in [0.1, 0.15) is 37.9 Å². The number of nitrogens with zero attached hydrogens (tertiary/aromatic N) is 6. The fourth-order valence-electron chi connectivity index (χ4n) is 1.59. The standard InChI is InChI=1S/C7H7BrN2O2.C7H8N2O2.C5H5ClN2.CCl4/c1-12-7(11)6-9-3-5(2-8)4-10-6;1-5-3-8-6(9-4-5)7(10)11-2;1-4-2-7-5(6)8-3-4;2-1(3,4)5/h3-4H,2H2,1H3;3-4H,1-2H3;2-3H,1H3;. The molecular formula is C20H20BrCl5N6O4. The van der Waals surface area contributed by atoms with Gasteiger partial charge in [-0.1, -0.05) is 62.3 Å². The minimum Gasteiger partial charge on any atom is -0.463 e. The van der Waals surface area contributed by atoms with E-state index in [-0.39, 0.29) is 11.6 Å². The van der Waals surface area contributed by atoms with Crippen molar-refractivity contribution >= 4 is 85.9 Å². The maximum Gasteiger partial charge on any atom is 0.376 e. The number of carbonyl (C=O) groups excluding carboxylic acids is 2. The molecule has 0 aliphatic rings. The van der Waals surface area contributed by atoms with E-state index in [1.54, 1.807) is 37.2 Å². The molecule has 0 aromatic carbocycles. The smallest absolute Gasteiger partial charge is 0.376 e. The second-order valence-electron chi connectivity index (χ2n) is 6.07. The quantitative estimate of drug-likeness (QED) is 0.195. The van der Waals surface area contributed by atoms with Gasteiger partial charge in [0.1, 0.15) is 0 Å². The molecule has 0 atom stereocenters. The van der Waals surface area contributed by atoms with Gasteiger partial charge in [-0.25, -0.2) is 39.5 Å². The van der Waals surface area contributed by atoms with Gasteiger partial charge in [0.15, 0.2) is 0 Å². The number of hydrogen-bond donors (Lipinski definition) is 0. The van der Waals surface area contributed by atoms with Crippen molar-refractivity contribution in [3.63, 3.8) is 0 Å². The van der Waals surface area contributed by atoms with Crippen LogP contribution in [0.4, 0.5) is 0 Å². The lowest BCUT2D eigenvalue weighted by atomic mass is 10.4. The maximum absolute atomic E-state index is 10.9. The third kappa shape index (κ3) is 17.5. The minimum atomic E-state index is -1.61. The van der Waals surface area contributed by atoms with Crippen molar-refractivity contribution in [1.82, 2.24) is 29.9 Å². The van der Waals surface area contributed by atoms with E-state index in [1.165, 1.54) is 14.2 Å². The van der Waals surface area contributed by atoms with Crippen LogP contribution in [0.2, 0.25) is 5.28 Å². The molecule has 3 aromatic heterocycles. The lowest BCUT2D eigenvalue weighted by Crippen LogP contribution is -2.06. The van der Waals surface area contributed by atoms with Crippen LogP contribution >= 0.6 is 73.9 Å². The van der Waals surface area contributed by atoms with E-state index in [1.807, 2.05) is 13.8 Å². The zero-order valence-electron chi connectivity index (χ0n) is 19.3.